The normalized spacial score (nSPS) is 10.6. The van der Waals surface area contributed by atoms with Crippen molar-refractivity contribution < 1.29 is 14.3 Å². The second kappa shape index (κ2) is 9.92. The Hall–Kier alpha value is -3.07. The first-order chi connectivity index (χ1) is 13.9. The Morgan fingerprint density at radius 1 is 0.655 bits per heavy atom. The maximum atomic E-state index is 12.6. The molecule has 0 fully saturated rings. The first-order valence-corrected chi connectivity index (χ1v) is 9.94. The highest BCUT2D eigenvalue weighted by Crippen LogP contribution is 2.27. The summed E-state index contributed by atoms with van der Waals surface area (Å²) in [5.74, 6) is 2.17. The van der Waals surface area contributed by atoms with E-state index in [9.17, 15) is 4.79 Å². The zero-order chi connectivity index (χ0) is 21.4. The second-order valence-corrected chi connectivity index (χ2v) is 7.46. The summed E-state index contributed by atoms with van der Waals surface area (Å²) in [7, 11) is 1.60. The number of methoxy groups -OCH3 is 1. The molecule has 3 rings (SSSR count). The third-order valence-corrected chi connectivity index (χ3v) is 4.42. The lowest BCUT2D eigenvalue weighted by Gasteiger charge is -2.19. The van der Waals surface area contributed by atoms with Gasteiger partial charge < -0.3 is 9.47 Å². The van der Waals surface area contributed by atoms with Crippen LogP contribution in [0.4, 0.5) is 0 Å². The Morgan fingerprint density at radius 2 is 1.03 bits per heavy atom. The summed E-state index contributed by atoms with van der Waals surface area (Å²) >= 11 is 0. The van der Waals surface area contributed by atoms with E-state index in [2.05, 4.69) is 32.9 Å². The van der Waals surface area contributed by atoms with Crippen molar-refractivity contribution in [1.29, 1.82) is 0 Å². The Kier molecular flexibility index (Phi) is 7.60. The van der Waals surface area contributed by atoms with E-state index in [1.54, 1.807) is 43.5 Å². The highest BCUT2D eigenvalue weighted by molar-refractivity contribution is 6.09. The maximum absolute atomic E-state index is 12.6. The Bertz CT molecular complexity index is 900. The molecule has 3 nitrogen and oxygen atoms in total. The van der Waals surface area contributed by atoms with E-state index in [-0.39, 0.29) is 11.2 Å². The predicted molar refractivity (Wildman–Crippen MR) is 119 cm³/mol. The minimum atomic E-state index is -0.0290. The van der Waals surface area contributed by atoms with Gasteiger partial charge >= 0.3 is 0 Å². The molecule has 152 valence electrons. The number of ketones is 1. The van der Waals surface area contributed by atoms with Crippen molar-refractivity contribution in [2.24, 2.45) is 0 Å². The minimum Gasteiger partial charge on any atom is -0.497 e. The fourth-order valence-electron chi connectivity index (χ4n) is 2.74. The molecule has 0 unspecified atom stereocenters. The van der Waals surface area contributed by atoms with Gasteiger partial charge in [-0.05, 0) is 71.6 Å². The van der Waals surface area contributed by atoms with Crippen LogP contribution in [0.3, 0.4) is 0 Å². The van der Waals surface area contributed by atoms with Crippen LogP contribution in [0.25, 0.3) is 0 Å². The second-order valence-electron chi connectivity index (χ2n) is 7.46. The topological polar surface area (TPSA) is 35.5 Å². The lowest BCUT2D eigenvalue weighted by Crippen LogP contribution is -2.10. The molecule has 0 atom stereocenters. The third-order valence-electron chi connectivity index (χ3n) is 4.42. The molecule has 0 amide bonds. The molecule has 0 heterocycles. The molecular formula is C26H30O3. The standard InChI is InChI=1S/C24H24O3.C2H6/c1-24(2,3)19-9-15-22(16-10-19)27-21-13-7-18(8-14-21)23(25)17-5-11-20(26-4)12-6-17;1-2/h5-16H,1-4H3;1-2H3. The van der Waals surface area contributed by atoms with Crippen molar-refractivity contribution in [2.75, 3.05) is 7.11 Å². The van der Waals surface area contributed by atoms with Crippen LogP contribution in [0, 0.1) is 0 Å². The van der Waals surface area contributed by atoms with E-state index in [0.29, 0.717) is 16.9 Å². The van der Waals surface area contributed by atoms with Crippen molar-refractivity contribution in [2.45, 2.75) is 40.0 Å². The molecule has 3 heteroatoms. The molecule has 0 saturated carbocycles. The Labute approximate surface area is 174 Å². The molecule has 3 aromatic rings. The summed E-state index contributed by atoms with van der Waals surface area (Å²) in [6.45, 7) is 10.5. The van der Waals surface area contributed by atoms with Crippen LogP contribution >= 0.6 is 0 Å². The predicted octanol–water partition coefficient (Wildman–Crippen LogP) is 7.04. The summed E-state index contributed by atoms with van der Waals surface area (Å²) in [6.07, 6.45) is 0. The first-order valence-electron chi connectivity index (χ1n) is 9.94. The van der Waals surface area contributed by atoms with Crippen molar-refractivity contribution in [3.05, 3.63) is 89.5 Å². The van der Waals surface area contributed by atoms with Crippen LogP contribution in [0.1, 0.15) is 56.1 Å². The largest absolute Gasteiger partial charge is 0.497 e. The summed E-state index contributed by atoms with van der Waals surface area (Å²) in [5.41, 5.74) is 2.62. The van der Waals surface area contributed by atoms with Crippen LogP contribution in [0.2, 0.25) is 0 Å². The summed E-state index contributed by atoms with van der Waals surface area (Å²) < 4.78 is 11.0. The number of carbonyl (C=O) groups excluding carboxylic acids is 1. The molecule has 0 aliphatic rings. The van der Waals surface area contributed by atoms with E-state index in [1.165, 1.54) is 5.56 Å². The van der Waals surface area contributed by atoms with E-state index >= 15 is 0 Å². The van der Waals surface area contributed by atoms with Gasteiger partial charge in [0.2, 0.25) is 0 Å². The summed E-state index contributed by atoms with van der Waals surface area (Å²) in [4.78, 5) is 12.6. The number of carbonyl (C=O) groups is 1. The van der Waals surface area contributed by atoms with Crippen molar-refractivity contribution in [3.63, 3.8) is 0 Å². The van der Waals surface area contributed by atoms with E-state index < -0.39 is 0 Å². The number of hydrogen-bond acceptors (Lipinski definition) is 3. The van der Waals surface area contributed by atoms with Crippen LogP contribution in [-0.4, -0.2) is 12.9 Å². The summed E-state index contributed by atoms with van der Waals surface area (Å²) in [5, 5.41) is 0. The van der Waals surface area contributed by atoms with Crippen LogP contribution in [0.15, 0.2) is 72.8 Å². The minimum absolute atomic E-state index is 0.0290. The van der Waals surface area contributed by atoms with Gasteiger partial charge in [-0.3, -0.25) is 4.79 Å². The monoisotopic (exact) mass is 390 g/mol. The molecule has 0 aliphatic carbocycles. The fourth-order valence-corrected chi connectivity index (χ4v) is 2.74. The van der Waals surface area contributed by atoms with Gasteiger partial charge in [0, 0.05) is 11.1 Å². The maximum Gasteiger partial charge on any atom is 0.193 e. The molecule has 0 N–H and O–H groups in total. The number of rotatable bonds is 5. The zero-order valence-corrected chi connectivity index (χ0v) is 18.2. The summed E-state index contributed by atoms with van der Waals surface area (Å²) in [6, 6.07) is 22.4. The molecular weight excluding hydrogens is 360 g/mol. The Balaban J connectivity index is 0.00000145. The lowest BCUT2D eigenvalue weighted by atomic mass is 9.87. The van der Waals surface area contributed by atoms with Gasteiger partial charge in [-0.15, -0.1) is 0 Å². The van der Waals surface area contributed by atoms with Crippen LogP contribution in [-0.2, 0) is 5.41 Å². The van der Waals surface area contributed by atoms with E-state index in [1.807, 2.05) is 38.1 Å². The SMILES string of the molecule is CC.COc1ccc(C(=O)c2ccc(Oc3ccc(C(C)(C)C)cc3)cc2)cc1. The van der Waals surface area contributed by atoms with Gasteiger partial charge in [0.15, 0.2) is 5.78 Å². The Morgan fingerprint density at radius 3 is 1.41 bits per heavy atom. The molecule has 29 heavy (non-hydrogen) atoms. The smallest absolute Gasteiger partial charge is 0.193 e. The molecule has 0 radical (unpaired) electrons. The number of benzene rings is 3. The third kappa shape index (κ3) is 5.95. The average molecular weight is 391 g/mol. The molecule has 0 aliphatic heterocycles. The van der Waals surface area contributed by atoms with Gasteiger partial charge in [0.25, 0.3) is 0 Å². The van der Waals surface area contributed by atoms with Gasteiger partial charge in [-0.2, -0.15) is 0 Å². The average Bonchev–Trinajstić information content (AvgIpc) is 2.75. The molecule has 0 bridgehead atoms. The van der Waals surface area contributed by atoms with Gasteiger partial charge in [-0.25, -0.2) is 0 Å². The van der Waals surface area contributed by atoms with E-state index in [4.69, 9.17) is 9.47 Å². The highest BCUT2D eigenvalue weighted by atomic mass is 16.5. The molecule has 0 aromatic heterocycles. The highest BCUT2D eigenvalue weighted by Gasteiger charge is 2.13. The van der Waals surface area contributed by atoms with Gasteiger partial charge in [0.1, 0.15) is 17.2 Å². The number of hydrogen-bond donors (Lipinski definition) is 0. The van der Waals surface area contributed by atoms with Crippen LogP contribution in [0.5, 0.6) is 17.2 Å². The molecule has 3 aromatic carbocycles. The molecule has 0 spiro atoms. The van der Waals surface area contributed by atoms with Gasteiger partial charge in [0.05, 0.1) is 7.11 Å². The van der Waals surface area contributed by atoms with Gasteiger partial charge in [-0.1, -0.05) is 46.8 Å². The van der Waals surface area contributed by atoms with Crippen LogP contribution < -0.4 is 9.47 Å². The zero-order valence-electron chi connectivity index (χ0n) is 18.2. The molecule has 0 saturated heterocycles. The van der Waals surface area contributed by atoms with E-state index in [0.717, 1.165) is 11.5 Å². The fraction of sp³-hybridized carbons (Fsp3) is 0.269. The van der Waals surface area contributed by atoms with Crippen molar-refractivity contribution in [1.82, 2.24) is 0 Å². The van der Waals surface area contributed by atoms with Crippen molar-refractivity contribution >= 4 is 5.78 Å². The first kappa shape index (κ1) is 22.2. The number of ether oxygens (including phenoxy) is 2. The van der Waals surface area contributed by atoms with Crippen molar-refractivity contribution in [3.8, 4) is 17.2 Å². The quantitative estimate of drug-likeness (QED) is 0.438. The lowest BCUT2D eigenvalue weighted by molar-refractivity contribution is 0.103.